The SMILES string of the molecule is CCc1nc(N)c2cc3cc(C(C)C)ccc3nc2n1. The molecule has 4 heteroatoms. The Labute approximate surface area is 118 Å². The first kappa shape index (κ1) is 12.8. The summed E-state index contributed by atoms with van der Waals surface area (Å²) in [5.74, 6) is 1.74. The molecule has 2 aromatic heterocycles. The first-order valence-electron chi connectivity index (χ1n) is 6.95. The Morgan fingerprint density at radius 2 is 1.90 bits per heavy atom. The third-order valence-electron chi connectivity index (χ3n) is 3.56. The van der Waals surface area contributed by atoms with Crippen molar-refractivity contribution in [3.8, 4) is 0 Å². The number of hydrogen-bond acceptors (Lipinski definition) is 4. The van der Waals surface area contributed by atoms with E-state index in [1.807, 2.05) is 19.1 Å². The molecular formula is C16H18N4. The largest absolute Gasteiger partial charge is 0.383 e. The molecule has 2 N–H and O–H groups in total. The highest BCUT2D eigenvalue weighted by Gasteiger charge is 2.08. The normalized spacial score (nSPS) is 11.6. The van der Waals surface area contributed by atoms with Crippen molar-refractivity contribution in [3.63, 3.8) is 0 Å². The average molecular weight is 266 g/mol. The van der Waals surface area contributed by atoms with Gasteiger partial charge in [-0.25, -0.2) is 15.0 Å². The van der Waals surface area contributed by atoms with Crippen LogP contribution in [0, 0.1) is 0 Å². The molecule has 0 bridgehead atoms. The zero-order chi connectivity index (χ0) is 14.3. The first-order chi connectivity index (χ1) is 9.58. The third-order valence-corrected chi connectivity index (χ3v) is 3.56. The Morgan fingerprint density at radius 1 is 1.10 bits per heavy atom. The van der Waals surface area contributed by atoms with Gasteiger partial charge in [0.15, 0.2) is 5.65 Å². The number of nitrogen functional groups attached to an aromatic ring is 1. The highest BCUT2D eigenvalue weighted by molar-refractivity contribution is 5.96. The third kappa shape index (κ3) is 2.07. The van der Waals surface area contributed by atoms with E-state index in [4.69, 9.17) is 5.73 Å². The maximum absolute atomic E-state index is 6.03. The Kier molecular flexibility index (Phi) is 3.01. The van der Waals surface area contributed by atoms with E-state index in [9.17, 15) is 0 Å². The Morgan fingerprint density at radius 3 is 2.60 bits per heavy atom. The fraction of sp³-hybridized carbons (Fsp3) is 0.312. The second kappa shape index (κ2) is 4.71. The molecule has 0 saturated carbocycles. The van der Waals surface area contributed by atoms with Gasteiger partial charge in [-0.05, 0) is 29.7 Å². The molecule has 0 atom stereocenters. The fourth-order valence-corrected chi connectivity index (χ4v) is 2.32. The lowest BCUT2D eigenvalue weighted by atomic mass is 10.0. The molecule has 0 spiro atoms. The zero-order valence-corrected chi connectivity index (χ0v) is 12.0. The van der Waals surface area contributed by atoms with Gasteiger partial charge >= 0.3 is 0 Å². The monoisotopic (exact) mass is 266 g/mol. The maximum atomic E-state index is 6.03. The number of hydrogen-bond donors (Lipinski definition) is 1. The van der Waals surface area contributed by atoms with Crippen molar-refractivity contribution in [1.82, 2.24) is 15.0 Å². The lowest BCUT2D eigenvalue weighted by molar-refractivity contribution is 0.868. The van der Waals surface area contributed by atoms with Crippen molar-refractivity contribution in [2.24, 2.45) is 0 Å². The molecule has 1 aromatic carbocycles. The van der Waals surface area contributed by atoms with E-state index < -0.39 is 0 Å². The van der Waals surface area contributed by atoms with Gasteiger partial charge in [-0.15, -0.1) is 0 Å². The topological polar surface area (TPSA) is 64.7 Å². The van der Waals surface area contributed by atoms with Gasteiger partial charge < -0.3 is 5.73 Å². The summed E-state index contributed by atoms with van der Waals surface area (Å²) in [5, 5.41) is 1.92. The number of aryl methyl sites for hydroxylation is 1. The molecule has 0 radical (unpaired) electrons. The molecule has 102 valence electrons. The molecular weight excluding hydrogens is 248 g/mol. The van der Waals surface area contributed by atoms with E-state index in [2.05, 4.69) is 40.9 Å². The van der Waals surface area contributed by atoms with Crippen LogP contribution in [0.5, 0.6) is 0 Å². The van der Waals surface area contributed by atoms with Crippen LogP contribution in [-0.4, -0.2) is 15.0 Å². The van der Waals surface area contributed by atoms with Gasteiger partial charge in [0.05, 0.1) is 10.9 Å². The number of nitrogens with two attached hydrogens (primary N) is 1. The first-order valence-corrected chi connectivity index (χ1v) is 6.95. The number of rotatable bonds is 2. The van der Waals surface area contributed by atoms with Crippen LogP contribution < -0.4 is 5.73 Å². The summed E-state index contributed by atoms with van der Waals surface area (Å²) in [5.41, 5.74) is 8.95. The van der Waals surface area contributed by atoms with Crippen molar-refractivity contribution in [3.05, 3.63) is 35.7 Å². The van der Waals surface area contributed by atoms with Crippen LogP contribution in [0.1, 0.15) is 38.1 Å². The van der Waals surface area contributed by atoms with Gasteiger partial charge in [-0.2, -0.15) is 0 Å². The lowest BCUT2D eigenvalue weighted by Crippen LogP contribution is -2.01. The smallest absolute Gasteiger partial charge is 0.165 e. The van der Waals surface area contributed by atoms with Gasteiger partial charge in [-0.1, -0.05) is 26.8 Å². The van der Waals surface area contributed by atoms with Crippen molar-refractivity contribution < 1.29 is 0 Å². The molecule has 0 amide bonds. The van der Waals surface area contributed by atoms with Gasteiger partial charge in [0.2, 0.25) is 0 Å². The Balaban J connectivity index is 2.31. The number of aromatic nitrogens is 3. The standard InChI is InChI=1S/C16H18N4/c1-4-14-19-15(17)12-8-11-7-10(9(2)3)5-6-13(11)18-16(12)20-14/h5-9H,4H2,1-3H3,(H2,17,18,19,20). The van der Waals surface area contributed by atoms with Crippen molar-refractivity contribution in [1.29, 1.82) is 0 Å². The van der Waals surface area contributed by atoms with Gasteiger partial charge in [0, 0.05) is 11.8 Å². The van der Waals surface area contributed by atoms with Crippen LogP contribution in [0.4, 0.5) is 5.82 Å². The summed E-state index contributed by atoms with van der Waals surface area (Å²) >= 11 is 0. The van der Waals surface area contributed by atoms with Crippen LogP contribution >= 0.6 is 0 Å². The van der Waals surface area contributed by atoms with E-state index in [1.165, 1.54) is 5.56 Å². The Hall–Kier alpha value is -2.23. The van der Waals surface area contributed by atoms with Crippen LogP contribution in [0.3, 0.4) is 0 Å². The summed E-state index contributed by atoms with van der Waals surface area (Å²) in [4.78, 5) is 13.4. The van der Waals surface area contributed by atoms with E-state index in [0.29, 0.717) is 17.4 Å². The predicted octanol–water partition coefficient (Wildman–Crippen LogP) is 3.45. The van der Waals surface area contributed by atoms with Crippen LogP contribution in [0.25, 0.3) is 21.9 Å². The summed E-state index contributed by atoms with van der Waals surface area (Å²) in [6, 6.07) is 8.38. The second-order valence-electron chi connectivity index (χ2n) is 5.35. The van der Waals surface area contributed by atoms with Crippen LogP contribution in [0.2, 0.25) is 0 Å². The number of anilines is 1. The summed E-state index contributed by atoms with van der Waals surface area (Å²) in [6.07, 6.45) is 0.756. The molecule has 0 saturated heterocycles. The molecule has 4 nitrogen and oxygen atoms in total. The number of benzene rings is 1. The number of pyridine rings is 1. The molecule has 0 aliphatic carbocycles. The quantitative estimate of drug-likeness (QED) is 0.721. The zero-order valence-electron chi connectivity index (χ0n) is 12.0. The molecule has 20 heavy (non-hydrogen) atoms. The minimum absolute atomic E-state index is 0.492. The Bertz CT molecular complexity index is 793. The van der Waals surface area contributed by atoms with E-state index >= 15 is 0 Å². The van der Waals surface area contributed by atoms with E-state index in [1.54, 1.807) is 0 Å². The summed E-state index contributed by atoms with van der Waals surface area (Å²) in [7, 11) is 0. The lowest BCUT2D eigenvalue weighted by Gasteiger charge is -2.08. The van der Waals surface area contributed by atoms with Crippen LogP contribution in [0.15, 0.2) is 24.3 Å². The molecule has 3 aromatic rings. The average Bonchev–Trinajstić information content (AvgIpc) is 2.44. The van der Waals surface area contributed by atoms with Crippen molar-refractivity contribution in [2.45, 2.75) is 33.1 Å². The predicted molar refractivity (Wildman–Crippen MR) is 82.7 cm³/mol. The van der Waals surface area contributed by atoms with Crippen LogP contribution in [-0.2, 0) is 6.42 Å². The summed E-state index contributed by atoms with van der Waals surface area (Å²) < 4.78 is 0. The van der Waals surface area contributed by atoms with Gasteiger partial charge in [0.25, 0.3) is 0 Å². The minimum atomic E-state index is 0.492. The maximum Gasteiger partial charge on any atom is 0.165 e. The van der Waals surface area contributed by atoms with E-state index in [-0.39, 0.29) is 0 Å². The highest BCUT2D eigenvalue weighted by Crippen LogP contribution is 2.25. The molecule has 0 unspecified atom stereocenters. The van der Waals surface area contributed by atoms with Crippen molar-refractivity contribution in [2.75, 3.05) is 5.73 Å². The van der Waals surface area contributed by atoms with Gasteiger partial charge in [0.1, 0.15) is 11.6 Å². The fourth-order valence-electron chi connectivity index (χ4n) is 2.32. The number of nitrogens with zero attached hydrogens (tertiary/aromatic N) is 3. The number of fused-ring (bicyclic) bond motifs is 2. The molecule has 2 heterocycles. The second-order valence-corrected chi connectivity index (χ2v) is 5.35. The van der Waals surface area contributed by atoms with Crippen molar-refractivity contribution >= 4 is 27.8 Å². The van der Waals surface area contributed by atoms with E-state index in [0.717, 1.165) is 28.5 Å². The molecule has 3 rings (SSSR count). The molecule has 0 aliphatic rings. The molecule has 0 fully saturated rings. The summed E-state index contributed by atoms with van der Waals surface area (Å²) in [6.45, 7) is 6.37. The van der Waals surface area contributed by atoms with Gasteiger partial charge in [-0.3, -0.25) is 0 Å². The molecule has 0 aliphatic heterocycles. The highest BCUT2D eigenvalue weighted by atomic mass is 15.0. The minimum Gasteiger partial charge on any atom is -0.383 e.